The summed E-state index contributed by atoms with van der Waals surface area (Å²) in [6, 6.07) is 8.20. The molecular formula is C17H27NO3. The van der Waals surface area contributed by atoms with Crippen molar-refractivity contribution in [2.24, 2.45) is 0 Å². The Morgan fingerprint density at radius 1 is 1.29 bits per heavy atom. The zero-order valence-corrected chi connectivity index (χ0v) is 13.4. The van der Waals surface area contributed by atoms with Crippen LogP contribution in [0, 0.1) is 0 Å². The third-order valence-corrected chi connectivity index (χ3v) is 3.31. The quantitative estimate of drug-likeness (QED) is 0.785. The van der Waals surface area contributed by atoms with Gasteiger partial charge in [-0.05, 0) is 44.9 Å². The smallest absolute Gasteiger partial charge is 0.119 e. The molecule has 2 rings (SSSR count). The Bertz CT molecular complexity index is 422. The van der Waals surface area contributed by atoms with E-state index in [9.17, 15) is 0 Å². The molecule has 1 aliphatic rings. The van der Waals surface area contributed by atoms with Crippen LogP contribution in [-0.2, 0) is 16.0 Å². The normalized spacial score (nSPS) is 18.9. The maximum Gasteiger partial charge on any atom is 0.119 e. The van der Waals surface area contributed by atoms with E-state index in [1.165, 1.54) is 5.56 Å². The molecule has 1 atom stereocenters. The molecule has 1 N–H and O–H groups in total. The number of nitrogens with one attached hydrogen (secondary N) is 1. The Kier molecular flexibility index (Phi) is 6.03. The first-order valence-electron chi connectivity index (χ1n) is 7.69. The van der Waals surface area contributed by atoms with Crippen molar-refractivity contribution in [1.82, 2.24) is 5.32 Å². The summed E-state index contributed by atoms with van der Waals surface area (Å²) < 4.78 is 16.7. The van der Waals surface area contributed by atoms with E-state index in [1.54, 1.807) is 0 Å². The maximum absolute atomic E-state index is 5.74. The van der Waals surface area contributed by atoms with Crippen molar-refractivity contribution < 1.29 is 14.2 Å². The lowest BCUT2D eigenvalue weighted by Gasteiger charge is -2.20. The predicted octanol–water partition coefficient (Wildman–Crippen LogP) is 2.76. The number of hydrogen-bond acceptors (Lipinski definition) is 4. The minimum atomic E-state index is 0.119. The van der Waals surface area contributed by atoms with Gasteiger partial charge in [0.1, 0.15) is 12.4 Å². The Balaban J connectivity index is 1.70. The highest BCUT2D eigenvalue weighted by atomic mass is 16.6. The predicted molar refractivity (Wildman–Crippen MR) is 83.7 cm³/mol. The average Bonchev–Trinajstić information content (AvgIpc) is 2.94. The van der Waals surface area contributed by atoms with Crippen LogP contribution in [0.5, 0.6) is 5.75 Å². The second kappa shape index (κ2) is 7.78. The molecule has 0 amide bonds. The second-order valence-corrected chi connectivity index (χ2v) is 6.46. The Morgan fingerprint density at radius 3 is 2.86 bits per heavy atom. The molecule has 1 unspecified atom stereocenters. The van der Waals surface area contributed by atoms with Gasteiger partial charge in [0.25, 0.3) is 0 Å². The van der Waals surface area contributed by atoms with Crippen LogP contribution in [0.1, 0.15) is 32.8 Å². The van der Waals surface area contributed by atoms with Crippen molar-refractivity contribution in [3.63, 3.8) is 0 Å². The summed E-state index contributed by atoms with van der Waals surface area (Å²) in [4.78, 5) is 0. The van der Waals surface area contributed by atoms with Gasteiger partial charge in [-0.1, -0.05) is 12.1 Å². The van der Waals surface area contributed by atoms with Gasteiger partial charge >= 0.3 is 0 Å². The molecule has 4 nitrogen and oxygen atoms in total. The van der Waals surface area contributed by atoms with E-state index in [-0.39, 0.29) is 11.6 Å². The maximum atomic E-state index is 5.74. The third kappa shape index (κ3) is 6.46. The van der Waals surface area contributed by atoms with Gasteiger partial charge in [-0.2, -0.15) is 0 Å². The van der Waals surface area contributed by atoms with Gasteiger partial charge in [0.2, 0.25) is 0 Å². The molecule has 21 heavy (non-hydrogen) atoms. The summed E-state index contributed by atoms with van der Waals surface area (Å²) in [7, 11) is 0. The van der Waals surface area contributed by atoms with Crippen molar-refractivity contribution in [3.05, 3.63) is 29.8 Å². The average molecular weight is 293 g/mol. The molecule has 0 radical (unpaired) electrons. The summed E-state index contributed by atoms with van der Waals surface area (Å²) in [6.07, 6.45) is 1.24. The zero-order valence-electron chi connectivity index (χ0n) is 13.4. The molecule has 4 heteroatoms. The number of benzene rings is 1. The highest BCUT2D eigenvalue weighted by Crippen LogP contribution is 2.14. The first-order valence-corrected chi connectivity index (χ1v) is 7.69. The molecule has 1 saturated heterocycles. The SMILES string of the molecule is CC(C)(C)NCc1cccc(OCCOC2CCOC2)c1. The van der Waals surface area contributed by atoms with Gasteiger partial charge in [0, 0.05) is 18.7 Å². The minimum Gasteiger partial charge on any atom is -0.491 e. The van der Waals surface area contributed by atoms with E-state index in [0.29, 0.717) is 19.8 Å². The lowest BCUT2D eigenvalue weighted by molar-refractivity contribution is 0.0265. The van der Waals surface area contributed by atoms with Crippen molar-refractivity contribution in [2.45, 2.75) is 45.4 Å². The molecule has 0 aromatic heterocycles. The molecule has 1 aliphatic heterocycles. The van der Waals surface area contributed by atoms with Gasteiger partial charge in [-0.3, -0.25) is 0 Å². The van der Waals surface area contributed by atoms with Crippen molar-refractivity contribution in [3.8, 4) is 5.75 Å². The van der Waals surface area contributed by atoms with Crippen molar-refractivity contribution in [2.75, 3.05) is 26.4 Å². The highest BCUT2D eigenvalue weighted by molar-refractivity contribution is 5.28. The van der Waals surface area contributed by atoms with E-state index in [1.807, 2.05) is 12.1 Å². The van der Waals surface area contributed by atoms with Crippen LogP contribution in [-0.4, -0.2) is 38.1 Å². The van der Waals surface area contributed by atoms with Gasteiger partial charge in [-0.25, -0.2) is 0 Å². The van der Waals surface area contributed by atoms with Crippen LogP contribution >= 0.6 is 0 Å². The second-order valence-electron chi connectivity index (χ2n) is 6.46. The molecule has 118 valence electrons. The van der Waals surface area contributed by atoms with Crippen LogP contribution in [0.25, 0.3) is 0 Å². The standard InChI is InChI=1S/C17H27NO3/c1-17(2,3)18-12-14-5-4-6-15(11-14)20-9-10-21-16-7-8-19-13-16/h4-6,11,16,18H,7-10,12-13H2,1-3H3. The number of rotatable bonds is 7. The third-order valence-electron chi connectivity index (χ3n) is 3.31. The molecular weight excluding hydrogens is 266 g/mol. The Hall–Kier alpha value is -1.10. The largest absolute Gasteiger partial charge is 0.491 e. The molecule has 0 saturated carbocycles. The van der Waals surface area contributed by atoms with E-state index in [2.05, 4.69) is 38.2 Å². The Labute approximate surface area is 127 Å². The molecule has 1 aromatic carbocycles. The van der Waals surface area contributed by atoms with Crippen molar-refractivity contribution >= 4 is 0 Å². The van der Waals surface area contributed by atoms with Crippen LogP contribution < -0.4 is 10.1 Å². The number of ether oxygens (including phenoxy) is 3. The molecule has 1 fully saturated rings. The highest BCUT2D eigenvalue weighted by Gasteiger charge is 2.15. The van der Waals surface area contributed by atoms with Crippen LogP contribution in [0.2, 0.25) is 0 Å². The van der Waals surface area contributed by atoms with Crippen molar-refractivity contribution in [1.29, 1.82) is 0 Å². The van der Waals surface area contributed by atoms with Crippen LogP contribution in [0.15, 0.2) is 24.3 Å². The molecule has 1 heterocycles. The fraction of sp³-hybridized carbons (Fsp3) is 0.647. The summed E-state index contributed by atoms with van der Waals surface area (Å²) in [5, 5.41) is 3.48. The first-order chi connectivity index (χ1) is 10.0. The van der Waals surface area contributed by atoms with Gasteiger partial charge < -0.3 is 19.5 Å². The van der Waals surface area contributed by atoms with E-state index >= 15 is 0 Å². The molecule has 0 bridgehead atoms. The summed E-state index contributed by atoms with van der Waals surface area (Å²) in [5.41, 5.74) is 1.35. The fourth-order valence-electron chi connectivity index (χ4n) is 2.13. The first kappa shape index (κ1) is 16.3. The molecule has 0 aliphatic carbocycles. The number of hydrogen-bond donors (Lipinski definition) is 1. The zero-order chi connectivity index (χ0) is 15.1. The summed E-state index contributed by atoms with van der Waals surface area (Å²) in [6.45, 7) is 10.1. The van der Waals surface area contributed by atoms with E-state index in [4.69, 9.17) is 14.2 Å². The monoisotopic (exact) mass is 293 g/mol. The van der Waals surface area contributed by atoms with Crippen LogP contribution in [0.3, 0.4) is 0 Å². The van der Waals surface area contributed by atoms with Gasteiger partial charge in [0.05, 0.1) is 19.3 Å². The van der Waals surface area contributed by atoms with Gasteiger partial charge in [0.15, 0.2) is 0 Å². The molecule has 1 aromatic rings. The summed E-state index contributed by atoms with van der Waals surface area (Å²) in [5.74, 6) is 0.898. The summed E-state index contributed by atoms with van der Waals surface area (Å²) >= 11 is 0. The molecule has 0 spiro atoms. The Morgan fingerprint density at radius 2 is 2.14 bits per heavy atom. The van der Waals surface area contributed by atoms with E-state index < -0.39 is 0 Å². The van der Waals surface area contributed by atoms with Gasteiger partial charge in [-0.15, -0.1) is 0 Å². The lowest BCUT2D eigenvalue weighted by atomic mass is 10.1. The van der Waals surface area contributed by atoms with E-state index in [0.717, 1.165) is 25.3 Å². The lowest BCUT2D eigenvalue weighted by Crippen LogP contribution is -2.35. The topological polar surface area (TPSA) is 39.7 Å². The van der Waals surface area contributed by atoms with Crippen LogP contribution in [0.4, 0.5) is 0 Å². The fourth-order valence-corrected chi connectivity index (χ4v) is 2.13. The minimum absolute atomic E-state index is 0.119.